The van der Waals surface area contributed by atoms with E-state index in [2.05, 4.69) is 23.7 Å². The summed E-state index contributed by atoms with van der Waals surface area (Å²) in [5.41, 5.74) is 0. The molecule has 0 aromatic heterocycles. The topological polar surface area (TPSA) is 46.5 Å². The lowest BCUT2D eigenvalue weighted by molar-refractivity contribution is 0.337. The zero-order chi connectivity index (χ0) is 9.49. The van der Waals surface area contributed by atoms with E-state index in [9.17, 15) is 4.57 Å². The molecule has 2 atom stereocenters. The van der Waals surface area contributed by atoms with E-state index in [1.54, 1.807) is 0 Å². The maximum absolute atomic E-state index is 9.78. The van der Waals surface area contributed by atoms with Crippen molar-refractivity contribution in [3.8, 4) is 0 Å². The van der Waals surface area contributed by atoms with E-state index < -0.39 is 6.80 Å². The molecule has 0 aliphatic carbocycles. The lowest BCUT2D eigenvalue weighted by Gasteiger charge is -1.94. The van der Waals surface area contributed by atoms with Crippen LogP contribution in [-0.4, -0.2) is 17.4 Å². The monoisotopic (exact) mass is 220 g/mol. The number of thiol groups is 1. The number of hydrogen-bond acceptors (Lipinski definition) is 2. The molecule has 3 nitrogen and oxygen atoms in total. The molecule has 0 spiro atoms. The van der Waals surface area contributed by atoms with Gasteiger partial charge in [-0.1, -0.05) is 19.2 Å². The van der Waals surface area contributed by atoms with E-state index in [0.717, 1.165) is 13.5 Å². The van der Waals surface area contributed by atoms with Crippen LogP contribution in [-0.2, 0) is 9.09 Å². The second-order valence-corrected chi connectivity index (χ2v) is 5.47. The molecule has 0 aromatic carbocycles. The summed E-state index contributed by atoms with van der Waals surface area (Å²) < 4.78 is 13.7. The molecule has 0 aliphatic heterocycles. The highest BCUT2D eigenvalue weighted by Gasteiger charge is 2.04. The molecule has 1 unspecified atom stereocenters. The fraction of sp³-hybridized carbons (Fsp3) is 1.00. The summed E-state index contributed by atoms with van der Waals surface area (Å²) in [6.45, 7) is 0.603. The van der Waals surface area contributed by atoms with Crippen molar-refractivity contribution in [3.05, 3.63) is 0 Å². The summed E-state index contributed by atoms with van der Waals surface area (Å²) in [5, 5.41) is 0.356. The summed E-state index contributed by atoms with van der Waals surface area (Å²) in [4.78, 5) is 8.02. The first-order chi connectivity index (χ1) is 4.83. The highest BCUT2D eigenvalue weighted by atomic mass is 35.5. The third-order valence-corrected chi connectivity index (χ3v) is 2.07. The molecule has 0 heterocycles. The lowest BCUT2D eigenvalue weighted by atomic mass is 10.4. The normalized spacial score (nSPS) is 17.6. The fourth-order valence-electron chi connectivity index (χ4n) is 0. The summed E-state index contributed by atoms with van der Waals surface area (Å²) in [6.07, 6.45) is 1.07. The summed E-state index contributed by atoms with van der Waals surface area (Å²) in [6, 6.07) is 0. The van der Waals surface area contributed by atoms with Gasteiger partial charge < -0.3 is 9.42 Å². The van der Waals surface area contributed by atoms with Gasteiger partial charge in [-0.2, -0.15) is 0 Å². The molecule has 0 saturated carbocycles. The highest BCUT2D eigenvalue weighted by molar-refractivity contribution is 8.44. The van der Waals surface area contributed by atoms with E-state index in [1.807, 2.05) is 6.92 Å². The molecule has 70 valence electrons. The van der Waals surface area contributed by atoms with Crippen molar-refractivity contribution in [2.24, 2.45) is 0 Å². The Morgan fingerprint density at radius 3 is 2.00 bits per heavy atom. The average Bonchev–Trinajstić information content (AvgIpc) is 1.88. The third-order valence-electron chi connectivity index (χ3n) is 0.800. The molecule has 6 heteroatoms. The molecule has 0 bridgehead atoms. The van der Waals surface area contributed by atoms with Crippen molar-refractivity contribution in [1.29, 1.82) is 0 Å². The van der Waals surface area contributed by atoms with Crippen LogP contribution >= 0.6 is 30.6 Å². The predicted octanol–water partition coefficient (Wildman–Crippen LogP) is 2.69. The molecule has 11 heavy (non-hydrogen) atoms. The van der Waals surface area contributed by atoms with Crippen LogP contribution < -0.4 is 0 Å². The van der Waals surface area contributed by atoms with Gasteiger partial charge in [-0.05, 0) is 13.3 Å². The van der Waals surface area contributed by atoms with Crippen molar-refractivity contribution >= 4 is 30.6 Å². The first-order valence-electron chi connectivity index (χ1n) is 3.08. The second kappa shape index (κ2) is 7.44. The first kappa shape index (κ1) is 14.3. The van der Waals surface area contributed by atoms with Gasteiger partial charge in [0.25, 0.3) is 0 Å². The number of hydrogen-bond donors (Lipinski definition) is 2. The maximum atomic E-state index is 9.78. The Morgan fingerprint density at radius 2 is 2.00 bits per heavy atom. The molecule has 0 radical (unpaired) electrons. The maximum Gasteiger partial charge on any atom is 0.383 e. The molecule has 0 fully saturated rings. The largest absolute Gasteiger partial charge is 0.383 e. The quantitative estimate of drug-likeness (QED) is 0.427. The minimum atomic E-state index is -3.45. The molecule has 0 rings (SSSR count). The van der Waals surface area contributed by atoms with Gasteiger partial charge in [-0.15, -0.1) is 11.6 Å². The van der Waals surface area contributed by atoms with Gasteiger partial charge in [0.15, 0.2) is 0 Å². The predicted molar refractivity (Wildman–Crippen MR) is 51.4 cm³/mol. The summed E-state index contributed by atoms with van der Waals surface area (Å²) >= 11 is 8.61. The first-order valence-corrected chi connectivity index (χ1v) is 6.25. The molecule has 0 aliphatic rings. The Labute approximate surface area is 77.8 Å². The molecule has 0 saturated heterocycles. The van der Waals surface area contributed by atoms with Crippen LogP contribution in [0.2, 0.25) is 0 Å². The van der Waals surface area contributed by atoms with Crippen LogP contribution in [0.5, 0.6) is 0 Å². The second-order valence-electron chi connectivity index (χ2n) is 1.86. The van der Waals surface area contributed by atoms with Crippen LogP contribution in [0.15, 0.2) is 0 Å². The van der Waals surface area contributed by atoms with Crippen LogP contribution in [0.1, 0.15) is 20.3 Å². The van der Waals surface area contributed by atoms with Crippen LogP contribution in [0, 0.1) is 0 Å². The van der Waals surface area contributed by atoms with Gasteiger partial charge in [0.05, 0.1) is 0 Å². The van der Waals surface area contributed by atoms with Crippen molar-refractivity contribution in [3.63, 3.8) is 0 Å². The van der Waals surface area contributed by atoms with E-state index in [0.29, 0.717) is 5.38 Å². The average molecular weight is 221 g/mol. The van der Waals surface area contributed by atoms with E-state index in [1.165, 1.54) is 0 Å². The van der Waals surface area contributed by atoms with Gasteiger partial charge >= 0.3 is 6.80 Å². The molecular weight excluding hydrogens is 207 g/mol. The van der Waals surface area contributed by atoms with Crippen molar-refractivity contribution in [2.45, 2.75) is 25.6 Å². The van der Waals surface area contributed by atoms with Crippen LogP contribution in [0.25, 0.3) is 0 Å². The minimum absolute atomic E-state index is 0.356. The van der Waals surface area contributed by atoms with Gasteiger partial charge in [-0.3, -0.25) is 0 Å². The Balaban J connectivity index is 0. The van der Waals surface area contributed by atoms with Gasteiger partial charge in [0.1, 0.15) is 0 Å². The lowest BCUT2D eigenvalue weighted by Crippen LogP contribution is -1.81. The van der Waals surface area contributed by atoms with Gasteiger partial charge in [0.2, 0.25) is 0 Å². The summed E-state index contributed by atoms with van der Waals surface area (Å²) in [5.74, 6) is 0. The van der Waals surface area contributed by atoms with Crippen molar-refractivity contribution in [2.75, 3.05) is 7.11 Å². The zero-order valence-corrected chi connectivity index (χ0v) is 9.37. The molecule has 0 aromatic rings. The number of halogens is 1. The van der Waals surface area contributed by atoms with E-state index in [-0.39, 0.29) is 0 Å². The molecule has 1 N–H and O–H groups in total. The third kappa shape index (κ3) is 24.9. The van der Waals surface area contributed by atoms with Gasteiger partial charge in [0, 0.05) is 12.5 Å². The minimum Gasteiger partial charge on any atom is -0.317 e. The van der Waals surface area contributed by atoms with Crippen molar-refractivity contribution in [1.82, 2.24) is 0 Å². The van der Waals surface area contributed by atoms with E-state index in [4.69, 9.17) is 16.5 Å². The Kier molecular flexibility index (Phi) is 9.69. The number of rotatable bonds is 2. The smallest absolute Gasteiger partial charge is 0.317 e. The highest BCUT2D eigenvalue weighted by Crippen LogP contribution is 2.45. The molecular formula is C5H14ClO3PS. The van der Waals surface area contributed by atoms with Crippen LogP contribution in [0.3, 0.4) is 0 Å². The SMILES string of the molecule is CC[C@H](C)Cl.COP(=O)(O)S. The van der Waals surface area contributed by atoms with Crippen molar-refractivity contribution < 1.29 is 14.0 Å². The van der Waals surface area contributed by atoms with E-state index >= 15 is 0 Å². The Bertz CT molecular complexity index is 125. The zero-order valence-electron chi connectivity index (χ0n) is 6.82. The fourth-order valence-corrected chi connectivity index (χ4v) is 0. The van der Waals surface area contributed by atoms with Crippen LogP contribution in [0.4, 0.5) is 0 Å². The Morgan fingerprint density at radius 1 is 1.82 bits per heavy atom. The van der Waals surface area contributed by atoms with Gasteiger partial charge in [-0.25, -0.2) is 4.57 Å². The molecule has 0 amide bonds. The summed E-state index contributed by atoms with van der Waals surface area (Å²) in [7, 11) is 1.12. The number of alkyl halides is 1. The Hall–Kier alpha value is 0.790. The standard InChI is InChI=1S/C4H9Cl.CH5O3PS/c1-3-4(2)5;1-4-5(2,3)6/h4H,3H2,1-2H3;1H3,(H2,2,3,6)/t4-;/m0./s1.